The summed E-state index contributed by atoms with van der Waals surface area (Å²) in [6.45, 7) is 0.606. The van der Waals surface area contributed by atoms with Crippen molar-refractivity contribution in [3.63, 3.8) is 0 Å². The smallest absolute Gasteiger partial charge is 0.387 e. The Balaban J connectivity index is 2.47. The molecule has 1 amide bonds. The van der Waals surface area contributed by atoms with Gasteiger partial charge < -0.3 is 14.8 Å². The molecular weight excluding hydrogens is 284 g/mol. The molecule has 0 fully saturated rings. The highest BCUT2D eigenvalue weighted by Gasteiger charge is 2.10. The maximum Gasteiger partial charge on any atom is 0.387 e. The van der Waals surface area contributed by atoms with Gasteiger partial charge in [0.2, 0.25) is 0 Å². The van der Waals surface area contributed by atoms with E-state index in [0.29, 0.717) is 0 Å². The summed E-state index contributed by atoms with van der Waals surface area (Å²) < 4.78 is 33.3. The second-order valence-electron chi connectivity index (χ2n) is 4.45. The average Bonchev–Trinajstić information content (AvgIpc) is 2.37. The number of alkyl halides is 2. The molecule has 5 nitrogen and oxygen atoms in total. The third-order valence-corrected chi connectivity index (χ3v) is 2.30. The topological polar surface area (TPSA) is 64.6 Å². The maximum atomic E-state index is 12.1. The van der Waals surface area contributed by atoms with Crippen LogP contribution < -0.4 is 10.1 Å². The lowest BCUT2D eigenvalue weighted by Gasteiger charge is -2.09. The van der Waals surface area contributed by atoms with E-state index in [4.69, 9.17) is 4.74 Å². The first-order valence-electron chi connectivity index (χ1n) is 6.41. The van der Waals surface area contributed by atoms with Crippen LogP contribution >= 0.6 is 0 Å². The van der Waals surface area contributed by atoms with Gasteiger partial charge in [0, 0.05) is 12.1 Å². The first-order chi connectivity index (χ1) is 9.88. The molecule has 1 aromatic rings. The molecule has 0 bridgehead atoms. The molecule has 0 aliphatic heterocycles. The minimum atomic E-state index is -2.95. The van der Waals surface area contributed by atoms with Crippen LogP contribution in [0.4, 0.5) is 8.78 Å². The highest BCUT2D eigenvalue weighted by Crippen LogP contribution is 2.15. The van der Waals surface area contributed by atoms with Crippen LogP contribution in [0, 0.1) is 0 Å². The van der Waals surface area contributed by atoms with Crippen LogP contribution in [-0.2, 0) is 9.53 Å². The summed E-state index contributed by atoms with van der Waals surface area (Å²) in [5.41, 5.74) is 0.172. The fourth-order valence-electron chi connectivity index (χ4n) is 1.52. The number of hydrogen-bond donors (Lipinski definition) is 1. The van der Waals surface area contributed by atoms with E-state index in [-0.39, 0.29) is 30.4 Å². The lowest BCUT2D eigenvalue weighted by Crippen LogP contribution is -2.27. The molecule has 0 aromatic heterocycles. The Labute approximate surface area is 121 Å². The predicted molar refractivity (Wildman–Crippen MR) is 71.3 cm³/mol. The summed E-state index contributed by atoms with van der Waals surface area (Å²) in [5.74, 6) is -0.996. The number of halogens is 2. The molecule has 0 radical (unpaired) electrons. The number of benzene rings is 1. The Morgan fingerprint density at radius 3 is 2.62 bits per heavy atom. The summed E-state index contributed by atoms with van der Waals surface area (Å²) in [7, 11) is 0. The van der Waals surface area contributed by atoms with E-state index in [1.54, 1.807) is 13.8 Å². The highest BCUT2D eigenvalue weighted by molar-refractivity contribution is 5.94. The molecule has 0 aliphatic carbocycles. The summed E-state index contributed by atoms with van der Waals surface area (Å²) in [6.07, 6.45) is -0.173. The Bertz CT molecular complexity index is 492. The number of nitrogens with one attached hydrogen (secondary N) is 1. The van der Waals surface area contributed by atoms with Gasteiger partial charge in [-0.2, -0.15) is 8.78 Å². The third-order valence-electron chi connectivity index (χ3n) is 2.30. The van der Waals surface area contributed by atoms with E-state index in [1.165, 1.54) is 24.3 Å². The molecule has 116 valence electrons. The van der Waals surface area contributed by atoms with Crippen molar-refractivity contribution in [2.24, 2.45) is 0 Å². The fourth-order valence-corrected chi connectivity index (χ4v) is 1.52. The van der Waals surface area contributed by atoms with Crippen molar-refractivity contribution in [1.82, 2.24) is 5.32 Å². The number of ether oxygens (including phenoxy) is 2. The standard InChI is InChI=1S/C14H17F2NO4/c1-9(2)20-12(18)6-7-17-13(19)10-4-3-5-11(8-10)21-14(15)16/h3-5,8-9,14H,6-7H2,1-2H3,(H,17,19). The van der Waals surface area contributed by atoms with Crippen LogP contribution in [0.25, 0.3) is 0 Å². The van der Waals surface area contributed by atoms with Crippen LogP contribution in [0.3, 0.4) is 0 Å². The van der Waals surface area contributed by atoms with Crippen molar-refractivity contribution >= 4 is 11.9 Å². The van der Waals surface area contributed by atoms with Crippen LogP contribution in [0.1, 0.15) is 30.6 Å². The number of amides is 1. The second-order valence-corrected chi connectivity index (χ2v) is 4.45. The zero-order valence-corrected chi connectivity index (χ0v) is 11.8. The SMILES string of the molecule is CC(C)OC(=O)CCNC(=O)c1cccc(OC(F)F)c1. The number of hydrogen-bond acceptors (Lipinski definition) is 4. The Hall–Kier alpha value is -2.18. The van der Waals surface area contributed by atoms with Crippen LogP contribution in [-0.4, -0.2) is 31.1 Å². The minimum Gasteiger partial charge on any atom is -0.463 e. The van der Waals surface area contributed by atoms with Crippen molar-refractivity contribution in [2.45, 2.75) is 33.0 Å². The van der Waals surface area contributed by atoms with Gasteiger partial charge in [-0.1, -0.05) is 6.07 Å². The second kappa shape index (κ2) is 8.18. The van der Waals surface area contributed by atoms with Crippen molar-refractivity contribution in [2.75, 3.05) is 6.54 Å². The van der Waals surface area contributed by atoms with Gasteiger partial charge in [0.15, 0.2) is 0 Å². The first kappa shape index (κ1) is 16.9. The maximum absolute atomic E-state index is 12.1. The molecule has 1 N–H and O–H groups in total. The van der Waals surface area contributed by atoms with Crippen molar-refractivity contribution in [3.05, 3.63) is 29.8 Å². The summed E-state index contributed by atoms with van der Waals surface area (Å²) in [4.78, 5) is 23.1. The highest BCUT2D eigenvalue weighted by atomic mass is 19.3. The Kier molecular flexibility index (Phi) is 6.58. The summed E-state index contributed by atoms with van der Waals surface area (Å²) >= 11 is 0. The predicted octanol–water partition coefficient (Wildman–Crippen LogP) is 2.36. The largest absolute Gasteiger partial charge is 0.463 e. The number of carbonyl (C=O) groups excluding carboxylic acids is 2. The van der Waals surface area contributed by atoms with E-state index in [9.17, 15) is 18.4 Å². The van der Waals surface area contributed by atoms with Gasteiger partial charge in [-0.3, -0.25) is 9.59 Å². The van der Waals surface area contributed by atoms with Gasteiger partial charge in [-0.15, -0.1) is 0 Å². The van der Waals surface area contributed by atoms with Gasteiger partial charge in [-0.05, 0) is 32.0 Å². The molecule has 0 saturated carbocycles. The van der Waals surface area contributed by atoms with Crippen LogP contribution in [0.15, 0.2) is 24.3 Å². The number of esters is 1. The van der Waals surface area contributed by atoms with E-state index in [1.807, 2.05) is 0 Å². The molecule has 7 heteroatoms. The minimum absolute atomic E-state index is 0.0388. The zero-order valence-electron chi connectivity index (χ0n) is 11.8. The van der Waals surface area contributed by atoms with E-state index >= 15 is 0 Å². The van der Waals surface area contributed by atoms with E-state index in [0.717, 1.165) is 0 Å². The molecule has 0 atom stereocenters. The van der Waals surface area contributed by atoms with Gasteiger partial charge in [-0.25, -0.2) is 0 Å². The molecule has 0 unspecified atom stereocenters. The van der Waals surface area contributed by atoms with Gasteiger partial charge in [0.25, 0.3) is 5.91 Å². The molecule has 0 saturated heterocycles. The lowest BCUT2D eigenvalue weighted by atomic mass is 10.2. The Morgan fingerprint density at radius 1 is 1.29 bits per heavy atom. The number of rotatable bonds is 7. The molecule has 1 rings (SSSR count). The third kappa shape index (κ3) is 6.69. The molecular formula is C14H17F2NO4. The fraction of sp³-hybridized carbons (Fsp3) is 0.429. The van der Waals surface area contributed by atoms with Crippen molar-refractivity contribution < 1.29 is 27.8 Å². The van der Waals surface area contributed by atoms with Gasteiger partial charge in [0.05, 0.1) is 12.5 Å². The zero-order chi connectivity index (χ0) is 15.8. The quantitative estimate of drug-likeness (QED) is 0.785. The molecule has 0 aliphatic rings. The molecule has 21 heavy (non-hydrogen) atoms. The molecule has 0 heterocycles. The molecule has 1 aromatic carbocycles. The van der Waals surface area contributed by atoms with Crippen molar-refractivity contribution in [3.8, 4) is 5.75 Å². The van der Waals surface area contributed by atoms with Gasteiger partial charge >= 0.3 is 12.6 Å². The average molecular weight is 301 g/mol. The van der Waals surface area contributed by atoms with Crippen LogP contribution in [0.2, 0.25) is 0 Å². The normalized spacial score (nSPS) is 10.6. The monoisotopic (exact) mass is 301 g/mol. The number of carbonyl (C=O) groups is 2. The van der Waals surface area contributed by atoms with E-state index < -0.39 is 18.5 Å². The summed E-state index contributed by atoms with van der Waals surface area (Å²) in [5, 5.41) is 2.50. The Morgan fingerprint density at radius 2 is 2.00 bits per heavy atom. The van der Waals surface area contributed by atoms with Crippen LogP contribution in [0.5, 0.6) is 5.75 Å². The van der Waals surface area contributed by atoms with E-state index in [2.05, 4.69) is 10.1 Å². The molecule has 0 spiro atoms. The van der Waals surface area contributed by atoms with Crippen molar-refractivity contribution in [1.29, 1.82) is 0 Å². The summed E-state index contributed by atoms with van der Waals surface area (Å²) in [6, 6.07) is 5.41. The van der Waals surface area contributed by atoms with Gasteiger partial charge in [0.1, 0.15) is 5.75 Å². The first-order valence-corrected chi connectivity index (χ1v) is 6.41. The lowest BCUT2D eigenvalue weighted by molar-refractivity contribution is -0.147.